The van der Waals surface area contributed by atoms with Gasteiger partial charge in [0.25, 0.3) is 0 Å². The van der Waals surface area contributed by atoms with E-state index < -0.39 is 0 Å². The highest BCUT2D eigenvalue weighted by Gasteiger charge is 2.16. The lowest BCUT2D eigenvalue weighted by molar-refractivity contribution is 0.908. The Bertz CT molecular complexity index is 1540. The Kier molecular flexibility index (Phi) is 5.00. The van der Waals surface area contributed by atoms with Gasteiger partial charge >= 0.3 is 0 Å². The molecule has 0 aliphatic heterocycles. The van der Waals surface area contributed by atoms with Crippen molar-refractivity contribution in [1.29, 1.82) is 0 Å². The summed E-state index contributed by atoms with van der Waals surface area (Å²) in [5, 5.41) is 15.1. The highest BCUT2D eigenvalue weighted by Crippen LogP contribution is 2.31. The molecular weight excluding hydrogens is 424 g/mol. The molecular formula is C26H20N8. The molecule has 0 spiro atoms. The van der Waals surface area contributed by atoms with Crippen molar-refractivity contribution >= 4 is 11.3 Å². The van der Waals surface area contributed by atoms with Crippen LogP contribution in [0.25, 0.3) is 39.4 Å². The number of anilines is 1. The third-order valence-corrected chi connectivity index (χ3v) is 5.58. The molecule has 4 aromatic heterocycles. The first-order valence-electron chi connectivity index (χ1n) is 10.9. The summed E-state index contributed by atoms with van der Waals surface area (Å²) in [5.74, 6) is 1.96. The lowest BCUT2D eigenvalue weighted by atomic mass is 10.1. The van der Waals surface area contributed by atoms with E-state index in [-0.39, 0.29) is 0 Å². The van der Waals surface area contributed by atoms with Gasteiger partial charge in [0.1, 0.15) is 11.8 Å². The van der Waals surface area contributed by atoms with Crippen LogP contribution in [0.1, 0.15) is 5.56 Å². The molecule has 0 aliphatic carbocycles. The number of nitrogens with zero attached hydrogens (tertiary/aromatic N) is 6. The molecule has 164 valence electrons. The number of pyridine rings is 1. The van der Waals surface area contributed by atoms with Crippen molar-refractivity contribution in [2.45, 2.75) is 6.54 Å². The second-order valence-electron chi connectivity index (χ2n) is 7.81. The average molecular weight is 445 g/mol. The van der Waals surface area contributed by atoms with E-state index in [0.29, 0.717) is 18.2 Å². The van der Waals surface area contributed by atoms with Gasteiger partial charge in [0, 0.05) is 41.8 Å². The zero-order chi connectivity index (χ0) is 22.7. The molecule has 0 unspecified atom stereocenters. The lowest BCUT2D eigenvalue weighted by Gasteiger charge is -2.12. The van der Waals surface area contributed by atoms with E-state index in [1.165, 1.54) is 11.9 Å². The molecule has 2 aromatic carbocycles. The van der Waals surface area contributed by atoms with Gasteiger partial charge in [-0.3, -0.25) is 10.1 Å². The molecule has 0 radical (unpaired) electrons. The molecule has 8 heteroatoms. The van der Waals surface area contributed by atoms with Crippen molar-refractivity contribution in [3.05, 3.63) is 103 Å². The van der Waals surface area contributed by atoms with Crippen LogP contribution in [0.3, 0.4) is 0 Å². The molecule has 0 amide bonds. The quantitative estimate of drug-likeness (QED) is 0.381. The molecule has 0 bridgehead atoms. The first kappa shape index (κ1) is 19.8. The molecule has 0 atom stereocenters. The van der Waals surface area contributed by atoms with Gasteiger partial charge in [-0.25, -0.2) is 14.5 Å². The molecule has 0 fully saturated rings. The van der Waals surface area contributed by atoms with Gasteiger partial charge < -0.3 is 5.32 Å². The van der Waals surface area contributed by atoms with Crippen LogP contribution in [0.2, 0.25) is 0 Å². The fraction of sp³-hybridized carbons (Fsp3) is 0.0385. The van der Waals surface area contributed by atoms with Crippen molar-refractivity contribution in [2.24, 2.45) is 0 Å². The predicted molar refractivity (Wildman–Crippen MR) is 131 cm³/mol. The maximum atomic E-state index is 4.94. The van der Waals surface area contributed by atoms with Gasteiger partial charge in [-0.15, -0.1) is 5.10 Å². The summed E-state index contributed by atoms with van der Waals surface area (Å²) < 4.78 is 1.87. The minimum absolute atomic E-state index is 0.562. The Balaban J connectivity index is 1.47. The van der Waals surface area contributed by atoms with Crippen LogP contribution in [0, 0.1) is 0 Å². The number of H-pyrrole nitrogens is 1. The summed E-state index contributed by atoms with van der Waals surface area (Å²) in [4.78, 5) is 13.5. The van der Waals surface area contributed by atoms with Crippen LogP contribution in [0.15, 0.2) is 97.7 Å². The second-order valence-corrected chi connectivity index (χ2v) is 7.81. The second kappa shape index (κ2) is 8.59. The molecule has 4 heterocycles. The highest BCUT2D eigenvalue weighted by molar-refractivity contribution is 5.89. The third-order valence-electron chi connectivity index (χ3n) is 5.58. The molecule has 0 saturated heterocycles. The van der Waals surface area contributed by atoms with Gasteiger partial charge in [0.05, 0.1) is 0 Å². The highest BCUT2D eigenvalue weighted by atomic mass is 15.3. The number of hydrogen-bond donors (Lipinski definition) is 2. The molecule has 6 rings (SSSR count). The predicted octanol–water partition coefficient (Wildman–Crippen LogP) is 4.86. The number of aromatic nitrogens is 7. The van der Waals surface area contributed by atoms with E-state index in [4.69, 9.17) is 10.1 Å². The van der Waals surface area contributed by atoms with E-state index in [9.17, 15) is 0 Å². The molecule has 0 aliphatic rings. The van der Waals surface area contributed by atoms with Crippen molar-refractivity contribution in [3.8, 4) is 33.9 Å². The summed E-state index contributed by atoms with van der Waals surface area (Å²) in [6.07, 6.45) is 6.93. The minimum atomic E-state index is 0.562. The largest absolute Gasteiger partial charge is 0.364 e. The van der Waals surface area contributed by atoms with E-state index >= 15 is 0 Å². The Hall–Kier alpha value is -4.85. The van der Waals surface area contributed by atoms with Crippen LogP contribution in [-0.2, 0) is 6.54 Å². The number of hydrogen-bond acceptors (Lipinski definition) is 6. The smallest absolute Gasteiger partial charge is 0.183 e. The zero-order valence-corrected chi connectivity index (χ0v) is 18.1. The van der Waals surface area contributed by atoms with Gasteiger partial charge in [0.2, 0.25) is 0 Å². The molecule has 2 N–H and O–H groups in total. The maximum Gasteiger partial charge on any atom is 0.183 e. The van der Waals surface area contributed by atoms with Crippen LogP contribution < -0.4 is 5.32 Å². The summed E-state index contributed by atoms with van der Waals surface area (Å²) in [5.41, 5.74) is 5.87. The van der Waals surface area contributed by atoms with Gasteiger partial charge in [-0.2, -0.15) is 5.10 Å². The monoisotopic (exact) mass is 444 g/mol. The van der Waals surface area contributed by atoms with Gasteiger partial charge in [-0.1, -0.05) is 60.7 Å². The van der Waals surface area contributed by atoms with Crippen LogP contribution >= 0.6 is 0 Å². The van der Waals surface area contributed by atoms with Crippen LogP contribution in [0.4, 0.5) is 5.82 Å². The van der Waals surface area contributed by atoms with Crippen molar-refractivity contribution in [2.75, 3.05) is 5.32 Å². The molecule has 6 aromatic rings. The molecule has 8 nitrogen and oxygen atoms in total. The average Bonchev–Trinajstić information content (AvgIpc) is 3.59. The van der Waals surface area contributed by atoms with E-state index in [1.807, 2.05) is 53.2 Å². The SMILES string of the molecule is c1ccc(CNc2nc(-c3cncc(-c4ncn[nH]4)c3)nn3ccc(-c4ccccc4)c23)cc1. The number of nitrogens with one attached hydrogen (secondary N) is 2. The third kappa shape index (κ3) is 3.77. The summed E-state index contributed by atoms with van der Waals surface area (Å²) in [6.45, 7) is 0.642. The summed E-state index contributed by atoms with van der Waals surface area (Å²) in [7, 11) is 0. The van der Waals surface area contributed by atoms with E-state index in [0.717, 1.165) is 33.6 Å². The number of benzene rings is 2. The van der Waals surface area contributed by atoms with Gasteiger partial charge in [0.15, 0.2) is 17.5 Å². The molecule has 34 heavy (non-hydrogen) atoms. The zero-order valence-electron chi connectivity index (χ0n) is 18.1. The normalized spacial score (nSPS) is 11.1. The fourth-order valence-corrected chi connectivity index (χ4v) is 3.94. The fourth-order valence-electron chi connectivity index (χ4n) is 3.94. The van der Waals surface area contributed by atoms with Crippen molar-refractivity contribution < 1.29 is 0 Å². The first-order valence-corrected chi connectivity index (χ1v) is 10.9. The first-order chi connectivity index (χ1) is 16.8. The standard InChI is InChI=1S/C26H20N8/c1-3-7-18(8-4-1)14-28-26-23-22(19-9-5-2-6-10-19)11-12-34(23)33-25(31-26)21-13-20(15-27-16-21)24-29-17-30-32-24/h1-13,15-17H,14H2,(H,28,31,33)(H,29,30,32). The maximum absolute atomic E-state index is 4.94. The number of fused-ring (bicyclic) bond motifs is 1. The van der Waals surface area contributed by atoms with Crippen molar-refractivity contribution in [3.63, 3.8) is 0 Å². The Morgan fingerprint density at radius 1 is 0.853 bits per heavy atom. The summed E-state index contributed by atoms with van der Waals surface area (Å²) >= 11 is 0. The Labute approximate surface area is 195 Å². The lowest BCUT2D eigenvalue weighted by Crippen LogP contribution is -2.07. The number of rotatable bonds is 6. The topological polar surface area (TPSA) is 96.7 Å². The van der Waals surface area contributed by atoms with E-state index in [1.54, 1.807) is 12.4 Å². The minimum Gasteiger partial charge on any atom is -0.364 e. The summed E-state index contributed by atoms with van der Waals surface area (Å²) in [6, 6.07) is 24.6. The Morgan fingerprint density at radius 2 is 1.65 bits per heavy atom. The van der Waals surface area contributed by atoms with Crippen LogP contribution in [0.5, 0.6) is 0 Å². The molecule has 0 saturated carbocycles. The number of aromatic amines is 1. The van der Waals surface area contributed by atoms with E-state index in [2.05, 4.69) is 55.8 Å². The van der Waals surface area contributed by atoms with Crippen molar-refractivity contribution in [1.82, 2.24) is 34.8 Å². The van der Waals surface area contributed by atoms with Gasteiger partial charge in [-0.05, 0) is 23.3 Å². The van der Waals surface area contributed by atoms with Crippen LogP contribution in [-0.4, -0.2) is 34.8 Å². The Morgan fingerprint density at radius 3 is 2.44 bits per heavy atom.